The molecule has 2 N–H and O–H groups in total. The molecule has 1 unspecified atom stereocenters. The lowest BCUT2D eigenvalue weighted by molar-refractivity contribution is 0.540. The van der Waals surface area contributed by atoms with Crippen LogP contribution < -0.4 is 5.73 Å². The van der Waals surface area contributed by atoms with Crippen molar-refractivity contribution in [2.75, 3.05) is 0 Å². The van der Waals surface area contributed by atoms with Crippen molar-refractivity contribution in [1.82, 2.24) is 9.78 Å². The molecule has 0 aliphatic carbocycles. The third-order valence-electron chi connectivity index (χ3n) is 2.42. The van der Waals surface area contributed by atoms with Crippen molar-refractivity contribution in [3.05, 3.63) is 18.0 Å². The van der Waals surface area contributed by atoms with Gasteiger partial charge in [-0.25, -0.2) is 0 Å². The van der Waals surface area contributed by atoms with Crippen molar-refractivity contribution in [2.45, 2.75) is 52.1 Å². The molecule has 1 heterocycles. The summed E-state index contributed by atoms with van der Waals surface area (Å²) in [5.74, 6) is 0. The molecular formula is C11H21N3. The van der Waals surface area contributed by atoms with E-state index in [0.717, 1.165) is 12.1 Å². The van der Waals surface area contributed by atoms with Gasteiger partial charge in [-0.15, -0.1) is 0 Å². The van der Waals surface area contributed by atoms with Gasteiger partial charge in [0, 0.05) is 24.3 Å². The van der Waals surface area contributed by atoms with Gasteiger partial charge >= 0.3 is 0 Å². The first kappa shape index (κ1) is 11.2. The largest absolute Gasteiger partial charge is 0.324 e. The van der Waals surface area contributed by atoms with E-state index >= 15 is 0 Å². The second-order valence-corrected chi connectivity index (χ2v) is 3.89. The van der Waals surface area contributed by atoms with Crippen molar-refractivity contribution in [3.8, 4) is 0 Å². The predicted molar refractivity (Wildman–Crippen MR) is 59.0 cm³/mol. The summed E-state index contributed by atoms with van der Waals surface area (Å²) in [6.07, 6.45) is 9.03. The summed E-state index contributed by atoms with van der Waals surface area (Å²) >= 11 is 0. The van der Waals surface area contributed by atoms with Crippen LogP contribution in [0.3, 0.4) is 0 Å². The Balaban J connectivity index is 2.29. The maximum atomic E-state index is 5.75. The van der Waals surface area contributed by atoms with Crippen LogP contribution in [0.25, 0.3) is 0 Å². The minimum absolute atomic E-state index is 0.0967. The number of hydrogen-bond acceptors (Lipinski definition) is 2. The maximum absolute atomic E-state index is 5.75. The molecule has 1 aromatic rings. The highest BCUT2D eigenvalue weighted by atomic mass is 15.3. The summed E-state index contributed by atoms with van der Waals surface area (Å²) in [6, 6.07) is 0.0967. The number of unbranched alkanes of at least 4 members (excludes halogenated alkanes) is 3. The molecule has 0 spiro atoms. The van der Waals surface area contributed by atoms with Gasteiger partial charge in [0.25, 0.3) is 0 Å². The van der Waals surface area contributed by atoms with Gasteiger partial charge in [-0.3, -0.25) is 4.68 Å². The molecule has 0 radical (unpaired) electrons. The van der Waals surface area contributed by atoms with E-state index in [1.807, 2.05) is 17.8 Å². The average Bonchev–Trinajstić information content (AvgIpc) is 2.61. The molecule has 0 fully saturated rings. The normalized spacial score (nSPS) is 13.1. The first-order valence-electron chi connectivity index (χ1n) is 5.52. The molecule has 0 amide bonds. The van der Waals surface area contributed by atoms with Crippen molar-refractivity contribution >= 4 is 0 Å². The lowest BCUT2D eigenvalue weighted by atomic mass is 10.2. The summed E-state index contributed by atoms with van der Waals surface area (Å²) in [6.45, 7) is 5.23. The van der Waals surface area contributed by atoms with Crippen LogP contribution in [-0.4, -0.2) is 9.78 Å². The van der Waals surface area contributed by atoms with Crippen LogP contribution in [0.2, 0.25) is 0 Å². The van der Waals surface area contributed by atoms with Crippen molar-refractivity contribution in [1.29, 1.82) is 0 Å². The molecule has 0 aliphatic heterocycles. The predicted octanol–water partition coefficient (Wildman–Crippen LogP) is 2.48. The molecule has 14 heavy (non-hydrogen) atoms. The van der Waals surface area contributed by atoms with Gasteiger partial charge in [-0.2, -0.15) is 5.10 Å². The molecule has 1 rings (SSSR count). The molecule has 1 aromatic heterocycles. The number of nitrogens with two attached hydrogens (primary N) is 1. The van der Waals surface area contributed by atoms with E-state index in [-0.39, 0.29) is 6.04 Å². The van der Waals surface area contributed by atoms with Crippen molar-refractivity contribution in [3.63, 3.8) is 0 Å². The molecular weight excluding hydrogens is 174 g/mol. The van der Waals surface area contributed by atoms with Crippen LogP contribution in [0.5, 0.6) is 0 Å². The Kier molecular flexibility index (Phi) is 4.66. The smallest absolute Gasteiger partial charge is 0.0537 e. The Bertz CT molecular complexity index is 253. The number of nitrogens with zero attached hydrogens (tertiary/aromatic N) is 2. The fraction of sp³-hybridized carbons (Fsp3) is 0.727. The molecule has 3 nitrogen and oxygen atoms in total. The fourth-order valence-corrected chi connectivity index (χ4v) is 1.44. The van der Waals surface area contributed by atoms with Crippen molar-refractivity contribution in [2.24, 2.45) is 5.73 Å². The first-order chi connectivity index (χ1) is 6.74. The van der Waals surface area contributed by atoms with E-state index in [9.17, 15) is 0 Å². The van der Waals surface area contributed by atoms with Gasteiger partial charge in [0.15, 0.2) is 0 Å². The van der Waals surface area contributed by atoms with E-state index in [1.165, 1.54) is 25.7 Å². The molecule has 3 heteroatoms. The number of rotatable bonds is 6. The van der Waals surface area contributed by atoms with E-state index < -0.39 is 0 Å². The maximum Gasteiger partial charge on any atom is 0.0537 e. The summed E-state index contributed by atoms with van der Waals surface area (Å²) < 4.78 is 1.99. The molecule has 0 saturated carbocycles. The third kappa shape index (κ3) is 3.50. The Morgan fingerprint density at radius 2 is 2.21 bits per heavy atom. The third-order valence-corrected chi connectivity index (χ3v) is 2.42. The zero-order valence-electron chi connectivity index (χ0n) is 9.24. The highest BCUT2D eigenvalue weighted by molar-refractivity contribution is 5.07. The van der Waals surface area contributed by atoms with E-state index in [0.29, 0.717) is 0 Å². The monoisotopic (exact) mass is 195 g/mol. The van der Waals surface area contributed by atoms with Gasteiger partial charge < -0.3 is 5.73 Å². The summed E-state index contributed by atoms with van der Waals surface area (Å²) in [5, 5.41) is 4.27. The zero-order valence-corrected chi connectivity index (χ0v) is 9.24. The molecule has 0 saturated heterocycles. The standard InChI is InChI=1S/C11H21N3/c1-3-4-5-6-7-14-9-11(8-13-14)10(2)12/h8-10H,3-7,12H2,1-2H3. The summed E-state index contributed by atoms with van der Waals surface area (Å²) in [7, 11) is 0. The van der Waals surface area contributed by atoms with Crippen LogP contribution >= 0.6 is 0 Å². The summed E-state index contributed by atoms with van der Waals surface area (Å²) in [4.78, 5) is 0. The van der Waals surface area contributed by atoms with Crippen LogP contribution in [0, 0.1) is 0 Å². The van der Waals surface area contributed by atoms with Crippen LogP contribution in [-0.2, 0) is 6.54 Å². The SMILES string of the molecule is CCCCCCn1cc(C(C)N)cn1. The summed E-state index contributed by atoms with van der Waals surface area (Å²) in [5.41, 5.74) is 6.88. The second-order valence-electron chi connectivity index (χ2n) is 3.89. The Morgan fingerprint density at radius 1 is 1.43 bits per heavy atom. The second kappa shape index (κ2) is 5.81. The van der Waals surface area contributed by atoms with Crippen LogP contribution in [0.1, 0.15) is 51.1 Å². The number of aryl methyl sites for hydroxylation is 1. The minimum Gasteiger partial charge on any atom is -0.324 e. The number of aromatic nitrogens is 2. The zero-order chi connectivity index (χ0) is 10.4. The van der Waals surface area contributed by atoms with Gasteiger partial charge in [-0.05, 0) is 13.3 Å². The fourth-order valence-electron chi connectivity index (χ4n) is 1.44. The Hall–Kier alpha value is -0.830. The minimum atomic E-state index is 0.0967. The van der Waals surface area contributed by atoms with Gasteiger partial charge in [0.05, 0.1) is 6.20 Å². The first-order valence-corrected chi connectivity index (χ1v) is 5.52. The van der Waals surface area contributed by atoms with Crippen molar-refractivity contribution < 1.29 is 0 Å². The molecule has 1 atom stereocenters. The topological polar surface area (TPSA) is 43.8 Å². The quantitative estimate of drug-likeness (QED) is 0.709. The lowest BCUT2D eigenvalue weighted by Crippen LogP contribution is -2.03. The average molecular weight is 195 g/mol. The number of hydrogen-bond donors (Lipinski definition) is 1. The van der Waals surface area contributed by atoms with Crippen LogP contribution in [0.4, 0.5) is 0 Å². The Morgan fingerprint density at radius 3 is 2.79 bits per heavy atom. The van der Waals surface area contributed by atoms with Crippen LogP contribution in [0.15, 0.2) is 12.4 Å². The molecule has 80 valence electrons. The highest BCUT2D eigenvalue weighted by Crippen LogP contribution is 2.08. The lowest BCUT2D eigenvalue weighted by Gasteiger charge is -2.01. The Labute approximate surface area is 86.3 Å². The van der Waals surface area contributed by atoms with Gasteiger partial charge in [0.2, 0.25) is 0 Å². The molecule has 0 bridgehead atoms. The molecule has 0 aliphatic rings. The van der Waals surface area contributed by atoms with E-state index in [4.69, 9.17) is 5.73 Å². The van der Waals surface area contributed by atoms with Gasteiger partial charge in [0.1, 0.15) is 0 Å². The molecule has 0 aromatic carbocycles. The van der Waals surface area contributed by atoms with E-state index in [1.54, 1.807) is 0 Å². The highest BCUT2D eigenvalue weighted by Gasteiger charge is 2.02. The van der Waals surface area contributed by atoms with Gasteiger partial charge in [-0.1, -0.05) is 26.2 Å². The van der Waals surface area contributed by atoms with E-state index in [2.05, 4.69) is 18.2 Å².